The second-order valence-electron chi connectivity index (χ2n) is 2.67. The molecule has 0 saturated heterocycles. The highest BCUT2D eigenvalue weighted by molar-refractivity contribution is 6.30. The van der Waals surface area contributed by atoms with Gasteiger partial charge in [-0.05, 0) is 6.07 Å². The molecule has 0 aliphatic carbocycles. The van der Waals surface area contributed by atoms with Gasteiger partial charge < -0.3 is 4.74 Å². The number of methoxy groups -OCH3 is 1. The molecule has 0 aliphatic rings. The second-order valence-corrected chi connectivity index (χ2v) is 2.94. The van der Waals surface area contributed by atoms with E-state index in [1.165, 1.54) is 25.3 Å². The van der Waals surface area contributed by atoms with Crippen molar-refractivity contribution in [2.75, 3.05) is 13.0 Å². The van der Waals surface area contributed by atoms with Crippen LogP contribution in [0.15, 0.2) is 18.2 Å². The predicted molar refractivity (Wildman–Crippen MR) is 54.7 cm³/mol. The van der Waals surface area contributed by atoms with E-state index in [0.29, 0.717) is 0 Å². The summed E-state index contributed by atoms with van der Waals surface area (Å²) in [6, 6.07) is 4.13. The van der Waals surface area contributed by atoms with E-state index in [4.69, 9.17) is 16.3 Å². The maximum Gasteiger partial charge on any atom is 0.311 e. The van der Waals surface area contributed by atoms with Gasteiger partial charge in [0.25, 0.3) is 0 Å². The molecule has 0 amide bonds. The number of ketones is 1. The number of nitrogens with zero attached hydrogens (tertiary/aromatic N) is 1. The van der Waals surface area contributed by atoms with Gasteiger partial charge in [0.1, 0.15) is 0 Å². The maximum absolute atomic E-state index is 11.3. The molecule has 0 heterocycles. The number of hydrogen-bond donors (Lipinski definition) is 0. The minimum Gasteiger partial charge on any atom is -0.490 e. The van der Waals surface area contributed by atoms with Crippen LogP contribution in [0.3, 0.4) is 0 Å². The SMILES string of the molecule is COc1c(C(=O)CCl)cccc1[N+](=O)[O-]. The number of rotatable bonds is 4. The minimum atomic E-state index is -0.607. The summed E-state index contributed by atoms with van der Waals surface area (Å²) in [4.78, 5) is 21.4. The molecular weight excluding hydrogens is 222 g/mol. The Morgan fingerprint density at radius 1 is 1.60 bits per heavy atom. The van der Waals surface area contributed by atoms with E-state index >= 15 is 0 Å². The Labute approximate surface area is 90.8 Å². The van der Waals surface area contributed by atoms with Crippen LogP contribution in [0.4, 0.5) is 5.69 Å². The van der Waals surface area contributed by atoms with Crippen LogP contribution < -0.4 is 4.74 Å². The van der Waals surface area contributed by atoms with Gasteiger partial charge in [0.2, 0.25) is 5.75 Å². The fraction of sp³-hybridized carbons (Fsp3) is 0.222. The monoisotopic (exact) mass is 229 g/mol. The average molecular weight is 230 g/mol. The summed E-state index contributed by atoms with van der Waals surface area (Å²) in [5.74, 6) is -0.692. The molecule has 5 nitrogen and oxygen atoms in total. The van der Waals surface area contributed by atoms with Gasteiger partial charge in [-0.25, -0.2) is 0 Å². The molecule has 80 valence electrons. The number of alkyl halides is 1. The molecule has 0 aliphatic heterocycles. The summed E-state index contributed by atoms with van der Waals surface area (Å²) in [6.45, 7) is 0. The first-order valence-corrected chi connectivity index (χ1v) is 4.55. The van der Waals surface area contributed by atoms with E-state index in [9.17, 15) is 14.9 Å². The lowest BCUT2D eigenvalue weighted by Crippen LogP contribution is -2.05. The van der Waals surface area contributed by atoms with Crippen LogP contribution in [0, 0.1) is 10.1 Å². The number of Topliss-reactive ketones (excluding diaryl/α,β-unsaturated/α-hetero) is 1. The molecule has 0 bridgehead atoms. The van der Waals surface area contributed by atoms with Gasteiger partial charge in [-0.2, -0.15) is 0 Å². The number of benzene rings is 1. The molecule has 0 fully saturated rings. The summed E-state index contributed by atoms with van der Waals surface area (Å²) in [6.07, 6.45) is 0. The fourth-order valence-corrected chi connectivity index (χ4v) is 1.32. The summed E-state index contributed by atoms with van der Waals surface area (Å²) >= 11 is 5.37. The van der Waals surface area contributed by atoms with Crippen LogP contribution >= 0.6 is 11.6 Å². The van der Waals surface area contributed by atoms with Crippen molar-refractivity contribution in [1.29, 1.82) is 0 Å². The second kappa shape index (κ2) is 4.75. The minimum absolute atomic E-state index is 0.0480. The number of halogens is 1. The standard InChI is InChI=1S/C9H8ClNO4/c1-15-9-6(8(12)5-10)3-2-4-7(9)11(13)14/h2-4H,5H2,1H3. The fourth-order valence-electron chi connectivity index (χ4n) is 1.17. The maximum atomic E-state index is 11.3. The van der Waals surface area contributed by atoms with Gasteiger partial charge in [0, 0.05) is 6.07 Å². The van der Waals surface area contributed by atoms with Gasteiger partial charge in [0.05, 0.1) is 23.5 Å². The topological polar surface area (TPSA) is 69.4 Å². The highest BCUT2D eigenvalue weighted by Gasteiger charge is 2.21. The van der Waals surface area contributed by atoms with E-state index in [1.54, 1.807) is 0 Å². The predicted octanol–water partition coefficient (Wildman–Crippen LogP) is 2.02. The Morgan fingerprint density at radius 2 is 2.27 bits per heavy atom. The zero-order chi connectivity index (χ0) is 11.4. The van der Waals surface area contributed by atoms with Crippen LogP contribution in [-0.2, 0) is 0 Å². The van der Waals surface area contributed by atoms with Crippen LogP contribution in [0.25, 0.3) is 0 Å². The van der Waals surface area contributed by atoms with Crippen molar-refractivity contribution in [1.82, 2.24) is 0 Å². The highest BCUT2D eigenvalue weighted by atomic mass is 35.5. The molecule has 1 rings (SSSR count). The molecule has 0 unspecified atom stereocenters. The smallest absolute Gasteiger partial charge is 0.311 e. The van der Waals surface area contributed by atoms with Gasteiger partial charge >= 0.3 is 5.69 Å². The van der Waals surface area contributed by atoms with E-state index in [1.807, 2.05) is 0 Å². The Morgan fingerprint density at radius 3 is 2.73 bits per heavy atom. The molecule has 6 heteroatoms. The van der Waals surface area contributed by atoms with Crippen molar-refractivity contribution in [2.45, 2.75) is 0 Å². The summed E-state index contributed by atoms with van der Waals surface area (Å²) in [5, 5.41) is 10.6. The van der Waals surface area contributed by atoms with Crippen molar-refractivity contribution < 1.29 is 14.5 Å². The van der Waals surface area contributed by atoms with E-state index < -0.39 is 10.7 Å². The molecule has 0 atom stereocenters. The number of nitro groups is 1. The molecule has 1 aromatic rings. The Bertz CT molecular complexity index is 405. The quantitative estimate of drug-likeness (QED) is 0.343. The first kappa shape index (κ1) is 11.5. The number of para-hydroxylation sites is 1. The molecule has 0 radical (unpaired) electrons. The van der Waals surface area contributed by atoms with E-state index in [-0.39, 0.29) is 22.9 Å². The Balaban J connectivity index is 3.34. The zero-order valence-electron chi connectivity index (χ0n) is 7.90. The van der Waals surface area contributed by atoms with Crippen molar-refractivity contribution in [3.8, 4) is 5.75 Å². The van der Waals surface area contributed by atoms with Crippen LogP contribution in [0.2, 0.25) is 0 Å². The normalized spacial score (nSPS) is 9.73. The average Bonchev–Trinajstić information content (AvgIpc) is 2.26. The molecule has 0 saturated carbocycles. The number of carbonyl (C=O) groups is 1. The molecule has 0 spiro atoms. The first-order valence-electron chi connectivity index (χ1n) is 4.02. The van der Waals surface area contributed by atoms with Crippen LogP contribution in [0.5, 0.6) is 5.75 Å². The summed E-state index contributed by atoms with van der Waals surface area (Å²) in [5.41, 5.74) is -0.116. The van der Waals surface area contributed by atoms with Gasteiger partial charge in [-0.1, -0.05) is 6.07 Å². The van der Waals surface area contributed by atoms with E-state index in [2.05, 4.69) is 0 Å². The summed E-state index contributed by atoms with van der Waals surface area (Å²) in [7, 11) is 1.27. The number of carbonyl (C=O) groups excluding carboxylic acids is 1. The largest absolute Gasteiger partial charge is 0.490 e. The van der Waals surface area contributed by atoms with E-state index in [0.717, 1.165) is 0 Å². The van der Waals surface area contributed by atoms with Crippen LogP contribution in [-0.4, -0.2) is 23.7 Å². The van der Waals surface area contributed by atoms with Gasteiger partial charge in [-0.3, -0.25) is 14.9 Å². The summed E-state index contributed by atoms with van der Waals surface area (Å²) < 4.78 is 4.84. The number of nitro benzene ring substituents is 1. The van der Waals surface area contributed by atoms with Crippen molar-refractivity contribution in [2.24, 2.45) is 0 Å². The first-order chi connectivity index (χ1) is 7.11. The molecular formula is C9H8ClNO4. The third-order valence-electron chi connectivity index (χ3n) is 1.82. The van der Waals surface area contributed by atoms with Crippen molar-refractivity contribution >= 4 is 23.1 Å². The third-order valence-corrected chi connectivity index (χ3v) is 2.06. The molecule has 0 N–H and O–H groups in total. The third kappa shape index (κ3) is 2.24. The zero-order valence-corrected chi connectivity index (χ0v) is 8.65. The van der Waals surface area contributed by atoms with Gasteiger partial charge in [0.15, 0.2) is 5.78 Å². The molecule has 0 aromatic heterocycles. The lowest BCUT2D eigenvalue weighted by molar-refractivity contribution is -0.385. The number of ether oxygens (including phenoxy) is 1. The van der Waals surface area contributed by atoms with Gasteiger partial charge in [-0.15, -0.1) is 11.6 Å². The highest BCUT2D eigenvalue weighted by Crippen LogP contribution is 2.30. The Hall–Kier alpha value is -1.62. The van der Waals surface area contributed by atoms with Crippen molar-refractivity contribution in [3.63, 3.8) is 0 Å². The Kier molecular flexibility index (Phi) is 3.62. The van der Waals surface area contributed by atoms with Crippen LogP contribution in [0.1, 0.15) is 10.4 Å². The molecule has 15 heavy (non-hydrogen) atoms. The van der Waals surface area contributed by atoms with Crippen molar-refractivity contribution in [3.05, 3.63) is 33.9 Å². The lowest BCUT2D eigenvalue weighted by Gasteiger charge is -2.05. The number of hydrogen-bond acceptors (Lipinski definition) is 4. The molecule has 1 aromatic carbocycles. The lowest BCUT2D eigenvalue weighted by atomic mass is 10.1.